The van der Waals surface area contributed by atoms with E-state index in [1.807, 2.05) is 0 Å². The van der Waals surface area contributed by atoms with Crippen LogP contribution in [0, 0.1) is 5.41 Å². The topological polar surface area (TPSA) is 202 Å². The molecule has 0 heterocycles. The highest BCUT2D eigenvalue weighted by Gasteiger charge is 2.48. The third-order valence-electron chi connectivity index (χ3n) is 6.78. The number of rotatable bonds is 22. The van der Waals surface area contributed by atoms with E-state index in [2.05, 4.69) is 13.8 Å². The minimum Gasteiger partial charge on any atom is -0.395 e. The van der Waals surface area contributed by atoms with Crippen molar-refractivity contribution < 1.29 is 49.8 Å². The Bertz CT molecular complexity index is 402. The lowest BCUT2D eigenvalue weighted by Gasteiger charge is -2.44. The average molecular weight is 581 g/mol. The van der Waals surface area contributed by atoms with Gasteiger partial charge in [0.1, 0.15) is 0 Å². The summed E-state index contributed by atoms with van der Waals surface area (Å²) in [5, 5.41) is 41.0. The van der Waals surface area contributed by atoms with Crippen LogP contribution in [0.15, 0.2) is 0 Å². The van der Waals surface area contributed by atoms with Crippen molar-refractivity contribution in [3.63, 3.8) is 0 Å². The van der Waals surface area contributed by atoms with Gasteiger partial charge in [-0.2, -0.15) is 0 Å². The monoisotopic (exact) mass is 580 g/mol. The van der Waals surface area contributed by atoms with Crippen LogP contribution in [-0.4, -0.2) is 75.2 Å². The molecule has 10 nitrogen and oxygen atoms in total. The SMILES string of the molecule is CCCCCCCCCCC(O)(CCCCCCCCCC)C(CO)(CO)CO.OP(O)O.OP(O)O. The van der Waals surface area contributed by atoms with Crippen LogP contribution in [0.3, 0.4) is 0 Å². The molecule has 0 amide bonds. The Morgan fingerprint density at radius 3 is 0.865 bits per heavy atom. The van der Waals surface area contributed by atoms with Crippen molar-refractivity contribution >= 4 is 17.2 Å². The molecule has 0 atom stereocenters. The van der Waals surface area contributed by atoms with Crippen molar-refractivity contribution in [2.75, 3.05) is 19.8 Å². The van der Waals surface area contributed by atoms with Crippen LogP contribution in [0.25, 0.3) is 0 Å². The summed E-state index contributed by atoms with van der Waals surface area (Å²) in [4.78, 5) is 43.4. The highest BCUT2D eigenvalue weighted by molar-refractivity contribution is 7.38. The minimum absolute atomic E-state index is 0.384. The minimum atomic E-state index is -2.62. The van der Waals surface area contributed by atoms with E-state index in [-0.39, 0.29) is 19.8 Å². The summed E-state index contributed by atoms with van der Waals surface area (Å²) in [6.45, 7) is 3.30. The van der Waals surface area contributed by atoms with E-state index in [1.54, 1.807) is 0 Å². The summed E-state index contributed by atoms with van der Waals surface area (Å²) in [5.41, 5.74) is -2.41. The fourth-order valence-electron chi connectivity index (χ4n) is 4.35. The van der Waals surface area contributed by atoms with E-state index in [0.29, 0.717) is 12.8 Å². The number of aliphatic hydroxyl groups is 4. The number of aliphatic hydroxyl groups excluding tert-OH is 3. The summed E-state index contributed by atoms with van der Waals surface area (Å²) >= 11 is 0. The molecule has 0 unspecified atom stereocenters. The molecule has 0 aliphatic rings. The molecule has 0 aliphatic carbocycles. The molecular weight excluding hydrogens is 522 g/mol. The lowest BCUT2D eigenvalue weighted by molar-refractivity contribution is -0.162. The summed E-state index contributed by atoms with van der Waals surface area (Å²) in [5.74, 6) is 0. The molecule has 228 valence electrons. The van der Waals surface area contributed by atoms with Gasteiger partial charge < -0.3 is 49.8 Å². The predicted molar refractivity (Wildman–Crippen MR) is 150 cm³/mol. The van der Waals surface area contributed by atoms with Crippen molar-refractivity contribution in [1.82, 2.24) is 0 Å². The summed E-state index contributed by atoms with van der Waals surface area (Å²) in [7, 11) is -5.24. The molecule has 0 saturated heterocycles. The van der Waals surface area contributed by atoms with Crippen LogP contribution in [0.1, 0.15) is 129 Å². The Kier molecular flexibility index (Phi) is 33.4. The summed E-state index contributed by atoms with van der Waals surface area (Å²) in [6, 6.07) is 0. The van der Waals surface area contributed by atoms with Crippen molar-refractivity contribution in [2.24, 2.45) is 5.41 Å². The zero-order chi connectivity index (χ0) is 29.0. The van der Waals surface area contributed by atoms with E-state index in [0.717, 1.165) is 25.7 Å². The van der Waals surface area contributed by atoms with Crippen molar-refractivity contribution in [3.05, 3.63) is 0 Å². The lowest BCUT2D eigenvalue weighted by Crippen LogP contribution is -2.55. The molecular formula is C25H58O10P2. The van der Waals surface area contributed by atoms with Crippen molar-refractivity contribution in [2.45, 2.75) is 135 Å². The van der Waals surface area contributed by atoms with Gasteiger partial charge in [-0.1, -0.05) is 117 Å². The number of hydrogen-bond donors (Lipinski definition) is 10. The highest BCUT2D eigenvalue weighted by atomic mass is 31.2. The maximum Gasteiger partial charge on any atom is 0.324 e. The Morgan fingerprint density at radius 1 is 0.432 bits per heavy atom. The zero-order valence-electron chi connectivity index (χ0n) is 23.2. The fourth-order valence-corrected chi connectivity index (χ4v) is 4.35. The summed E-state index contributed by atoms with van der Waals surface area (Å²) in [6.07, 6.45) is 20.1. The smallest absolute Gasteiger partial charge is 0.324 e. The van der Waals surface area contributed by atoms with Gasteiger partial charge in [-0.3, -0.25) is 0 Å². The van der Waals surface area contributed by atoms with Gasteiger partial charge in [0.2, 0.25) is 0 Å². The predicted octanol–water partition coefficient (Wildman–Crippen LogP) is 4.12. The molecule has 0 fully saturated rings. The van der Waals surface area contributed by atoms with Gasteiger partial charge in [0.05, 0.1) is 30.8 Å². The third-order valence-corrected chi connectivity index (χ3v) is 6.78. The highest BCUT2D eigenvalue weighted by Crippen LogP contribution is 2.39. The fraction of sp³-hybridized carbons (Fsp3) is 1.00. The molecule has 0 aliphatic heterocycles. The second kappa shape index (κ2) is 29.4. The number of unbranched alkanes of at least 4 members (excludes halogenated alkanes) is 14. The molecule has 37 heavy (non-hydrogen) atoms. The molecule has 0 saturated carbocycles. The second-order valence-electron chi connectivity index (χ2n) is 9.77. The van der Waals surface area contributed by atoms with E-state index in [4.69, 9.17) is 29.4 Å². The number of hydrogen-bond acceptors (Lipinski definition) is 10. The van der Waals surface area contributed by atoms with Crippen LogP contribution in [0.2, 0.25) is 0 Å². The molecule has 12 heteroatoms. The van der Waals surface area contributed by atoms with Gasteiger partial charge >= 0.3 is 17.2 Å². The first-order valence-electron chi connectivity index (χ1n) is 13.8. The van der Waals surface area contributed by atoms with Crippen LogP contribution in [0.5, 0.6) is 0 Å². The van der Waals surface area contributed by atoms with E-state index in [1.165, 1.54) is 77.0 Å². The maximum absolute atomic E-state index is 11.4. The lowest BCUT2D eigenvalue weighted by atomic mass is 9.68. The molecule has 0 rings (SSSR count). The van der Waals surface area contributed by atoms with Gasteiger partial charge in [-0.05, 0) is 12.8 Å². The first-order valence-corrected chi connectivity index (χ1v) is 16.2. The van der Waals surface area contributed by atoms with Gasteiger partial charge in [0, 0.05) is 0 Å². The van der Waals surface area contributed by atoms with E-state index in [9.17, 15) is 20.4 Å². The van der Waals surface area contributed by atoms with Crippen molar-refractivity contribution in [1.29, 1.82) is 0 Å². The Balaban J connectivity index is -0.00000125. The van der Waals surface area contributed by atoms with Crippen LogP contribution in [-0.2, 0) is 0 Å². The van der Waals surface area contributed by atoms with Crippen LogP contribution >= 0.6 is 17.2 Å². The molecule has 0 aromatic rings. The van der Waals surface area contributed by atoms with Crippen molar-refractivity contribution in [3.8, 4) is 0 Å². The largest absolute Gasteiger partial charge is 0.395 e. The average Bonchev–Trinajstić information content (AvgIpc) is 2.83. The zero-order valence-corrected chi connectivity index (χ0v) is 25.0. The molecule has 0 radical (unpaired) electrons. The summed E-state index contributed by atoms with van der Waals surface area (Å²) < 4.78 is 0. The molecule has 0 spiro atoms. The molecule has 0 bridgehead atoms. The Labute approximate surface area is 227 Å². The van der Waals surface area contributed by atoms with E-state index >= 15 is 0 Å². The first-order chi connectivity index (χ1) is 17.5. The van der Waals surface area contributed by atoms with Crippen LogP contribution < -0.4 is 0 Å². The molecule has 0 aromatic carbocycles. The third kappa shape index (κ3) is 26.4. The Hall–Kier alpha value is 0.460. The standard InChI is InChI=1S/C25H52O4.2H3O3P/c1-3-5-7-9-11-13-15-17-19-25(29,24(21-26,22-27)23-28)20-18-16-14-12-10-8-6-4-2;2*1-4(2)3/h26-29H,3-23H2,1-2H3;2*1-3H. The second-order valence-corrected chi connectivity index (χ2v) is 10.8. The first kappa shape index (κ1) is 41.9. The van der Waals surface area contributed by atoms with Gasteiger partial charge in [-0.15, -0.1) is 0 Å². The van der Waals surface area contributed by atoms with Gasteiger partial charge in [-0.25, -0.2) is 0 Å². The quantitative estimate of drug-likeness (QED) is 0.0655. The van der Waals surface area contributed by atoms with Gasteiger partial charge in [0.15, 0.2) is 0 Å². The molecule has 10 N–H and O–H groups in total. The van der Waals surface area contributed by atoms with Gasteiger partial charge in [0.25, 0.3) is 0 Å². The van der Waals surface area contributed by atoms with Crippen LogP contribution in [0.4, 0.5) is 0 Å². The molecule has 0 aromatic heterocycles. The Morgan fingerprint density at radius 2 is 0.649 bits per heavy atom. The van der Waals surface area contributed by atoms with E-state index < -0.39 is 28.2 Å². The normalized spacial score (nSPS) is 11.8. The maximum atomic E-state index is 11.4.